The molecular formula is C28H28BrNO5. The highest BCUT2D eigenvalue weighted by atomic mass is 79.9. The summed E-state index contributed by atoms with van der Waals surface area (Å²) in [6.45, 7) is 7.16. The second-order valence-electron chi connectivity index (χ2n) is 9.10. The number of nitrogens with one attached hydrogen (secondary N) is 1. The molecule has 0 aliphatic rings. The van der Waals surface area contributed by atoms with E-state index < -0.39 is 35.6 Å². The number of esters is 1. The first-order valence-corrected chi connectivity index (χ1v) is 11.9. The first kappa shape index (κ1) is 26.2. The summed E-state index contributed by atoms with van der Waals surface area (Å²) in [6, 6.07) is 21.5. The molecule has 0 radical (unpaired) electrons. The van der Waals surface area contributed by atoms with Crippen LogP contribution in [0.3, 0.4) is 0 Å². The average molecular weight is 538 g/mol. The van der Waals surface area contributed by atoms with Crippen molar-refractivity contribution < 1.29 is 23.9 Å². The van der Waals surface area contributed by atoms with Gasteiger partial charge in [0.2, 0.25) is 5.78 Å². The molecule has 35 heavy (non-hydrogen) atoms. The van der Waals surface area contributed by atoms with Crippen molar-refractivity contribution in [2.75, 3.05) is 0 Å². The molecule has 0 fully saturated rings. The fourth-order valence-electron chi connectivity index (χ4n) is 3.38. The Morgan fingerprint density at radius 1 is 0.857 bits per heavy atom. The zero-order valence-electron chi connectivity index (χ0n) is 20.1. The number of Topliss-reactive ketones (excluding diaryl/α,β-unsaturated/α-hetero) is 1. The van der Waals surface area contributed by atoms with Crippen molar-refractivity contribution in [1.82, 2.24) is 5.32 Å². The van der Waals surface area contributed by atoms with Crippen LogP contribution >= 0.6 is 15.9 Å². The molecule has 182 valence electrons. The van der Waals surface area contributed by atoms with Crippen LogP contribution in [-0.4, -0.2) is 29.6 Å². The Hall–Kier alpha value is -3.45. The predicted octanol–water partition coefficient (Wildman–Crippen LogP) is 6.43. The highest BCUT2D eigenvalue weighted by Gasteiger charge is 2.36. The van der Waals surface area contributed by atoms with Crippen molar-refractivity contribution in [1.29, 1.82) is 0 Å². The summed E-state index contributed by atoms with van der Waals surface area (Å²) in [4.78, 5) is 39.5. The van der Waals surface area contributed by atoms with Gasteiger partial charge < -0.3 is 14.8 Å². The van der Waals surface area contributed by atoms with Crippen LogP contribution in [0, 0.1) is 6.92 Å². The van der Waals surface area contributed by atoms with E-state index in [-0.39, 0.29) is 0 Å². The van der Waals surface area contributed by atoms with E-state index in [0.717, 1.165) is 5.56 Å². The maximum atomic E-state index is 13.7. The van der Waals surface area contributed by atoms with E-state index in [0.29, 0.717) is 21.2 Å². The van der Waals surface area contributed by atoms with Gasteiger partial charge in [-0.2, -0.15) is 0 Å². The van der Waals surface area contributed by atoms with Gasteiger partial charge in [-0.3, -0.25) is 4.79 Å². The lowest BCUT2D eigenvalue weighted by Gasteiger charge is -2.29. The minimum atomic E-state index is -1.35. The first-order valence-electron chi connectivity index (χ1n) is 11.2. The van der Waals surface area contributed by atoms with Crippen LogP contribution in [0.4, 0.5) is 4.79 Å². The summed E-state index contributed by atoms with van der Waals surface area (Å²) in [7, 11) is 0. The van der Waals surface area contributed by atoms with Gasteiger partial charge in [0.15, 0.2) is 6.10 Å². The Morgan fingerprint density at radius 3 is 2.09 bits per heavy atom. The zero-order valence-corrected chi connectivity index (χ0v) is 21.7. The molecule has 0 aliphatic carbocycles. The van der Waals surface area contributed by atoms with Crippen molar-refractivity contribution in [3.63, 3.8) is 0 Å². The quantitative estimate of drug-likeness (QED) is 0.277. The van der Waals surface area contributed by atoms with Gasteiger partial charge >= 0.3 is 12.1 Å². The Morgan fingerprint density at radius 2 is 1.49 bits per heavy atom. The van der Waals surface area contributed by atoms with E-state index in [1.54, 1.807) is 87.5 Å². The fraction of sp³-hybridized carbons (Fsp3) is 0.250. The number of carbonyl (C=O) groups is 3. The van der Waals surface area contributed by atoms with Gasteiger partial charge in [-0.05, 0) is 57.5 Å². The van der Waals surface area contributed by atoms with E-state index in [2.05, 4.69) is 21.2 Å². The van der Waals surface area contributed by atoms with Crippen LogP contribution in [0.15, 0.2) is 83.3 Å². The van der Waals surface area contributed by atoms with Gasteiger partial charge in [0, 0.05) is 10.0 Å². The molecule has 7 heteroatoms. The van der Waals surface area contributed by atoms with Crippen LogP contribution in [-0.2, 0) is 9.47 Å². The molecule has 2 atom stereocenters. The largest absolute Gasteiger partial charge is 0.448 e. The van der Waals surface area contributed by atoms with Gasteiger partial charge in [0.05, 0.1) is 5.56 Å². The molecule has 0 bridgehead atoms. The normalized spacial score (nSPS) is 12.8. The summed E-state index contributed by atoms with van der Waals surface area (Å²) in [5.74, 6) is -1.14. The average Bonchev–Trinajstić information content (AvgIpc) is 2.81. The third kappa shape index (κ3) is 7.52. The smallest absolute Gasteiger partial charge is 0.408 e. The molecule has 3 aromatic carbocycles. The fourth-order valence-corrected chi connectivity index (χ4v) is 3.78. The van der Waals surface area contributed by atoms with E-state index >= 15 is 0 Å². The molecule has 6 nitrogen and oxygen atoms in total. The van der Waals surface area contributed by atoms with Gasteiger partial charge in [0.25, 0.3) is 0 Å². The van der Waals surface area contributed by atoms with Gasteiger partial charge in [-0.1, -0.05) is 76.1 Å². The topological polar surface area (TPSA) is 81.7 Å². The molecule has 2 unspecified atom stereocenters. The lowest BCUT2D eigenvalue weighted by Crippen LogP contribution is -2.44. The number of rotatable bonds is 7. The van der Waals surface area contributed by atoms with Gasteiger partial charge in [-0.25, -0.2) is 9.59 Å². The van der Waals surface area contributed by atoms with Crippen molar-refractivity contribution in [3.05, 3.63) is 106 Å². The maximum absolute atomic E-state index is 13.7. The Balaban J connectivity index is 2.06. The van der Waals surface area contributed by atoms with E-state index in [1.807, 2.05) is 19.1 Å². The van der Waals surface area contributed by atoms with E-state index in [9.17, 15) is 14.4 Å². The molecule has 3 rings (SSSR count). The van der Waals surface area contributed by atoms with Crippen molar-refractivity contribution >= 4 is 33.8 Å². The lowest BCUT2D eigenvalue weighted by atomic mass is 9.94. The van der Waals surface area contributed by atoms with Crippen LogP contribution in [0.1, 0.15) is 58.7 Å². The Labute approximate surface area is 213 Å². The monoisotopic (exact) mass is 537 g/mol. The third-order valence-electron chi connectivity index (χ3n) is 5.02. The summed E-state index contributed by atoms with van der Waals surface area (Å²) < 4.78 is 11.9. The Kier molecular flexibility index (Phi) is 8.46. The summed E-state index contributed by atoms with van der Waals surface area (Å²) >= 11 is 3.38. The zero-order chi connectivity index (χ0) is 25.6. The molecule has 1 amide bonds. The molecule has 0 saturated carbocycles. The van der Waals surface area contributed by atoms with E-state index in [1.165, 1.54) is 0 Å². The lowest BCUT2D eigenvalue weighted by molar-refractivity contribution is 0.0149. The summed E-state index contributed by atoms with van der Waals surface area (Å²) in [5.41, 5.74) is 1.45. The van der Waals surface area contributed by atoms with E-state index in [4.69, 9.17) is 9.47 Å². The van der Waals surface area contributed by atoms with Crippen LogP contribution in [0.2, 0.25) is 0 Å². The molecule has 0 heterocycles. The van der Waals surface area contributed by atoms with Crippen LogP contribution in [0.25, 0.3) is 0 Å². The Bertz CT molecular complexity index is 1190. The van der Waals surface area contributed by atoms with Crippen molar-refractivity contribution in [3.8, 4) is 0 Å². The van der Waals surface area contributed by atoms with Crippen LogP contribution in [0.5, 0.6) is 0 Å². The number of halogens is 1. The van der Waals surface area contributed by atoms with Crippen LogP contribution < -0.4 is 5.32 Å². The number of hydrogen-bond donors (Lipinski definition) is 1. The standard InChI is InChI=1S/C28H28BrNO5/c1-18-13-15-19(16-14-18)23(30-27(33)35-28(2,3)4)25(24(31)21-11-8-12-22(29)17-21)34-26(32)20-9-6-5-7-10-20/h5-17,23,25H,1-4H3,(H,30,33). The van der Waals surface area contributed by atoms with Crippen molar-refractivity contribution in [2.45, 2.75) is 45.4 Å². The SMILES string of the molecule is Cc1ccc(C(NC(=O)OC(C)(C)C)C(OC(=O)c2ccccc2)C(=O)c2cccc(Br)c2)cc1. The molecule has 0 spiro atoms. The number of benzene rings is 3. The van der Waals surface area contributed by atoms with Crippen molar-refractivity contribution in [2.24, 2.45) is 0 Å². The van der Waals surface area contributed by atoms with Gasteiger partial charge in [0.1, 0.15) is 11.6 Å². The number of amides is 1. The molecule has 0 aromatic heterocycles. The number of hydrogen-bond acceptors (Lipinski definition) is 5. The minimum absolute atomic E-state index is 0.291. The highest BCUT2D eigenvalue weighted by Crippen LogP contribution is 2.26. The van der Waals surface area contributed by atoms with Gasteiger partial charge in [-0.15, -0.1) is 0 Å². The molecular weight excluding hydrogens is 510 g/mol. The third-order valence-corrected chi connectivity index (χ3v) is 5.52. The number of alkyl carbamates (subject to hydrolysis) is 1. The number of carbonyl (C=O) groups excluding carboxylic acids is 3. The highest BCUT2D eigenvalue weighted by molar-refractivity contribution is 9.10. The predicted molar refractivity (Wildman–Crippen MR) is 137 cm³/mol. The number of aryl methyl sites for hydroxylation is 1. The molecule has 0 aliphatic heterocycles. The maximum Gasteiger partial charge on any atom is 0.408 e. The number of ketones is 1. The second-order valence-corrected chi connectivity index (χ2v) is 10.0. The molecule has 1 N–H and O–H groups in total. The number of ether oxygens (including phenoxy) is 2. The second kappa shape index (κ2) is 11.3. The molecule has 3 aromatic rings. The minimum Gasteiger partial charge on any atom is -0.448 e. The molecule has 0 saturated heterocycles. The summed E-state index contributed by atoms with van der Waals surface area (Å²) in [6.07, 6.45) is -2.09. The summed E-state index contributed by atoms with van der Waals surface area (Å²) in [5, 5.41) is 2.76. The first-order chi connectivity index (χ1) is 16.5.